The Hall–Kier alpha value is -3.68. The van der Waals surface area contributed by atoms with Gasteiger partial charge in [0.1, 0.15) is 0 Å². The molecule has 0 radical (unpaired) electrons. The smallest absolute Gasteiger partial charge is 0.331 e. The minimum absolute atomic E-state index is 0.151. The second kappa shape index (κ2) is 6.69. The van der Waals surface area contributed by atoms with Crippen molar-refractivity contribution in [1.82, 2.24) is 14.1 Å². The molecule has 0 saturated heterocycles. The summed E-state index contributed by atoms with van der Waals surface area (Å²) >= 11 is 0. The average Bonchev–Trinajstić information content (AvgIpc) is 3.26. The lowest BCUT2D eigenvalue weighted by atomic mass is 9.78. The second-order valence-electron chi connectivity index (χ2n) is 7.63. The summed E-state index contributed by atoms with van der Waals surface area (Å²) in [6, 6.07) is 7.53. The molecule has 2 aromatic heterocycles. The van der Waals surface area contributed by atoms with Crippen molar-refractivity contribution in [3.8, 4) is 0 Å². The molecule has 0 spiro atoms. The number of hydrogen-bond acceptors (Lipinski definition) is 6. The van der Waals surface area contributed by atoms with Gasteiger partial charge in [0.15, 0.2) is 18.0 Å². The Bertz CT molecular complexity index is 1230. The Labute approximate surface area is 171 Å². The van der Waals surface area contributed by atoms with Gasteiger partial charge < -0.3 is 18.6 Å². The molecular weight excluding hydrogens is 386 g/mol. The number of esters is 2. The molecule has 152 valence electrons. The Morgan fingerprint density at radius 3 is 2.50 bits per heavy atom. The Kier molecular flexibility index (Phi) is 4.09. The first-order chi connectivity index (χ1) is 14.4. The zero-order valence-electron chi connectivity index (χ0n) is 16.4. The molecule has 5 rings (SSSR count). The fourth-order valence-corrected chi connectivity index (χ4v) is 4.45. The number of para-hydroxylation sites is 1. The number of Topliss-reactive ketones (excluding diaryl/α,β-unsaturated/α-hetero) is 1. The predicted octanol–water partition coefficient (Wildman–Crippen LogP) is 2.03. The van der Waals surface area contributed by atoms with E-state index in [1.54, 1.807) is 10.9 Å². The summed E-state index contributed by atoms with van der Waals surface area (Å²) in [6.07, 6.45) is 3.95. The van der Waals surface area contributed by atoms with Crippen LogP contribution in [0.3, 0.4) is 0 Å². The number of imidazole rings is 1. The number of aryl methyl sites for hydroxylation is 2. The number of ether oxygens (including phenoxy) is 2. The van der Waals surface area contributed by atoms with Gasteiger partial charge in [-0.05, 0) is 6.07 Å². The van der Waals surface area contributed by atoms with E-state index >= 15 is 0 Å². The van der Waals surface area contributed by atoms with E-state index in [9.17, 15) is 14.4 Å². The van der Waals surface area contributed by atoms with Gasteiger partial charge in [-0.1, -0.05) is 18.2 Å². The molecule has 30 heavy (non-hydrogen) atoms. The topological polar surface area (TPSA) is 92.4 Å². The number of ketones is 1. The van der Waals surface area contributed by atoms with Crippen LogP contribution < -0.4 is 0 Å². The highest BCUT2D eigenvalue weighted by atomic mass is 16.6. The molecule has 3 heterocycles. The van der Waals surface area contributed by atoms with Crippen LogP contribution in [0, 0.1) is 5.92 Å². The lowest BCUT2D eigenvalue weighted by molar-refractivity contribution is -0.169. The summed E-state index contributed by atoms with van der Waals surface area (Å²) in [6.45, 7) is 0. The third-order valence-electron chi connectivity index (χ3n) is 5.74. The molecule has 1 aliphatic heterocycles. The van der Waals surface area contributed by atoms with Crippen molar-refractivity contribution < 1.29 is 23.9 Å². The maximum absolute atomic E-state index is 13.7. The zero-order valence-corrected chi connectivity index (χ0v) is 16.4. The lowest BCUT2D eigenvalue weighted by Gasteiger charge is -2.36. The molecule has 3 aromatic rings. The van der Waals surface area contributed by atoms with Crippen LogP contribution in [-0.4, -0.2) is 37.9 Å². The van der Waals surface area contributed by atoms with Crippen molar-refractivity contribution in [3.63, 3.8) is 0 Å². The Balaban J connectivity index is 1.72. The van der Waals surface area contributed by atoms with Gasteiger partial charge in [0.05, 0.1) is 29.2 Å². The van der Waals surface area contributed by atoms with E-state index in [4.69, 9.17) is 9.47 Å². The third-order valence-corrected chi connectivity index (χ3v) is 5.74. The van der Waals surface area contributed by atoms with Crippen molar-refractivity contribution in [1.29, 1.82) is 0 Å². The number of fused-ring (bicyclic) bond motifs is 5. The number of hydrogen-bond donors (Lipinski definition) is 0. The minimum Gasteiger partial charge on any atom is -0.454 e. The van der Waals surface area contributed by atoms with Crippen molar-refractivity contribution in [2.45, 2.75) is 18.6 Å². The van der Waals surface area contributed by atoms with E-state index in [0.29, 0.717) is 17.0 Å². The van der Waals surface area contributed by atoms with Crippen LogP contribution in [0.1, 0.15) is 27.8 Å². The van der Waals surface area contributed by atoms with Gasteiger partial charge in [0, 0.05) is 49.8 Å². The molecule has 0 saturated carbocycles. The maximum atomic E-state index is 13.7. The average molecular weight is 405 g/mol. The number of rotatable bonds is 2. The van der Waals surface area contributed by atoms with Gasteiger partial charge in [0.2, 0.25) is 0 Å². The van der Waals surface area contributed by atoms with Gasteiger partial charge in [-0.25, -0.2) is 14.6 Å². The van der Waals surface area contributed by atoms with Crippen LogP contribution in [0.4, 0.5) is 0 Å². The highest BCUT2D eigenvalue weighted by Crippen LogP contribution is 2.43. The van der Waals surface area contributed by atoms with Crippen LogP contribution in [0.5, 0.6) is 0 Å². The van der Waals surface area contributed by atoms with Crippen LogP contribution in [0.15, 0.2) is 48.9 Å². The fraction of sp³-hybridized carbons (Fsp3) is 0.273. The van der Waals surface area contributed by atoms with E-state index < -0.39 is 30.1 Å². The maximum Gasteiger partial charge on any atom is 0.331 e. The number of carbonyl (C=O) groups is 3. The van der Waals surface area contributed by atoms with Crippen LogP contribution in [0.2, 0.25) is 0 Å². The summed E-state index contributed by atoms with van der Waals surface area (Å²) < 4.78 is 15.0. The first kappa shape index (κ1) is 18.4. The SMILES string of the molecule is Cn1cnc(CC2C(=O)c3c(n(C)c4ccccc34)C3OC(=O)/C=C\C(=O)OC23)c1. The molecule has 0 fully saturated rings. The number of nitrogens with zero attached hydrogens (tertiary/aromatic N) is 3. The summed E-state index contributed by atoms with van der Waals surface area (Å²) in [5.41, 5.74) is 2.58. The lowest BCUT2D eigenvalue weighted by Crippen LogP contribution is -2.45. The van der Waals surface area contributed by atoms with Crippen LogP contribution in [-0.2, 0) is 39.6 Å². The number of aromatic nitrogens is 3. The molecule has 3 atom stereocenters. The number of carbonyl (C=O) groups excluding carboxylic acids is 3. The first-order valence-corrected chi connectivity index (χ1v) is 9.61. The molecule has 8 nitrogen and oxygen atoms in total. The molecule has 0 N–H and O–H groups in total. The highest BCUT2D eigenvalue weighted by Gasteiger charge is 2.49. The van der Waals surface area contributed by atoms with Crippen LogP contribution in [0.25, 0.3) is 10.9 Å². The zero-order chi connectivity index (χ0) is 21.0. The highest BCUT2D eigenvalue weighted by molar-refractivity contribution is 6.12. The van der Waals surface area contributed by atoms with E-state index in [2.05, 4.69) is 4.98 Å². The molecular formula is C22H19N3O5. The van der Waals surface area contributed by atoms with E-state index in [0.717, 1.165) is 23.1 Å². The van der Waals surface area contributed by atoms with Crippen molar-refractivity contribution in [3.05, 3.63) is 65.9 Å². The molecule has 3 unspecified atom stereocenters. The quantitative estimate of drug-likeness (QED) is 0.606. The van der Waals surface area contributed by atoms with Crippen molar-refractivity contribution >= 4 is 28.6 Å². The molecule has 1 aliphatic carbocycles. The molecule has 1 aromatic carbocycles. The van der Waals surface area contributed by atoms with Crippen molar-refractivity contribution in [2.75, 3.05) is 0 Å². The summed E-state index contributed by atoms with van der Waals surface area (Å²) in [7, 11) is 3.65. The predicted molar refractivity (Wildman–Crippen MR) is 106 cm³/mol. The largest absolute Gasteiger partial charge is 0.454 e. The summed E-state index contributed by atoms with van der Waals surface area (Å²) in [5.74, 6) is -2.21. The molecule has 0 bridgehead atoms. The van der Waals surface area contributed by atoms with Gasteiger partial charge in [-0.15, -0.1) is 0 Å². The van der Waals surface area contributed by atoms with Gasteiger partial charge in [-0.2, -0.15) is 0 Å². The van der Waals surface area contributed by atoms with Gasteiger partial charge >= 0.3 is 11.9 Å². The number of benzene rings is 1. The first-order valence-electron chi connectivity index (χ1n) is 9.61. The standard InChI is InChI=1S/C22H19N3O5/c1-24-10-12(23-11-24)9-14-20(28)18-13-5-3-4-6-15(13)25(2)19(18)22-21(14)29-16(26)7-8-17(27)30-22/h3-8,10-11,14,21-22H,9H2,1-2H3/b8-7-. The normalized spacial score (nSPS) is 24.5. The fourth-order valence-electron chi connectivity index (χ4n) is 4.45. The molecule has 0 amide bonds. The molecule has 8 heteroatoms. The molecule has 2 aliphatic rings. The van der Waals surface area contributed by atoms with E-state index in [1.807, 2.05) is 49.1 Å². The van der Waals surface area contributed by atoms with Crippen molar-refractivity contribution in [2.24, 2.45) is 20.0 Å². The van der Waals surface area contributed by atoms with Gasteiger partial charge in [0.25, 0.3) is 0 Å². The summed E-state index contributed by atoms with van der Waals surface area (Å²) in [4.78, 5) is 42.6. The summed E-state index contributed by atoms with van der Waals surface area (Å²) in [5, 5.41) is 0.782. The van der Waals surface area contributed by atoms with Gasteiger partial charge in [-0.3, -0.25) is 4.79 Å². The second-order valence-corrected chi connectivity index (χ2v) is 7.63. The monoisotopic (exact) mass is 405 g/mol. The Morgan fingerprint density at radius 2 is 1.77 bits per heavy atom. The van der Waals surface area contributed by atoms with E-state index in [-0.39, 0.29) is 12.2 Å². The minimum atomic E-state index is -0.948. The van der Waals surface area contributed by atoms with Crippen LogP contribution >= 0.6 is 0 Å². The third kappa shape index (κ3) is 2.75. The Morgan fingerprint density at radius 1 is 1.03 bits per heavy atom. The van der Waals surface area contributed by atoms with E-state index in [1.165, 1.54) is 0 Å².